The fraction of sp³-hybridized carbons (Fsp3) is 0.160. The molecule has 0 spiro atoms. The predicted octanol–water partition coefficient (Wildman–Crippen LogP) is 14.5. The molecule has 1 aromatic heterocycles. The van der Waals surface area contributed by atoms with E-state index in [1.165, 1.54) is 116 Å². The van der Waals surface area contributed by atoms with Gasteiger partial charge in [-0.15, -0.1) is 0 Å². The summed E-state index contributed by atoms with van der Waals surface area (Å²) in [6, 6.07) is 39.8. The molecule has 0 radical (unpaired) electrons. The van der Waals surface area contributed by atoms with Gasteiger partial charge in [-0.3, -0.25) is 0 Å². The lowest BCUT2D eigenvalue weighted by Crippen LogP contribution is -2.04. The number of aryl methyl sites for hydroxylation is 4. The van der Waals surface area contributed by atoms with E-state index in [2.05, 4.69) is 165 Å². The normalized spacial score (nSPS) is 11.9. The molecular weight excluding hydrogens is 617 g/mol. The Morgan fingerprint density at radius 3 is 1.43 bits per heavy atom. The molecule has 0 amide bonds. The molecule has 1 nitrogen and oxygen atoms in total. The minimum Gasteiger partial charge on any atom is -0.456 e. The highest BCUT2D eigenvalue weighted by atomic mass is 16.3. The second kappa shape index (κ2) is 11.4. The van der Waals surface area contributed by atoms with Crippen LogP contribution in [-0.2, 0) is 0 Å². The predicted molar refractivity (Wildman–Crippen MR) is 220 cm³/mol. The first-order valence-corrected chi connectivity index (χ1v) is 18.1. The van der Waals surface area contributed by atoms with E-state index in [4.69, 9.17) is 4.42 Å². The van der Waals surface area contributed by atoms with Gasteiger partial charge in [0.2, 0.25) is 0 Å². The average Bonchev–Trinajstić information content (AvgIpc) is 3.53. The average molecular weight is 659 g/mol. The molecule has 0 saturated heterocycles. The minimum atomic E-state index is 0.926. The second-order valence-corrected chi connectivity index (χ2v) is 14.7. The third kappa shape index (κ3) is 4.47. The van der Waals surface area contributed by atoms with Crippen molar-refractivity contribution < 1.29 is 4.42 Å². The number of hydrogen-bond donors (Lipinski definition) is 0. The molecule has 0 saturated carbocycles. The summed E-state index contributed by atoms with van der Waals surface area (Å²) in [7, 11) is 0. The lowest BCUT2D eigenvalue weighted by molar-refractivity contribution is 0.669. The van der Waals surface area contributed by atoms with Crippen molar-refractivity contribution in [2.45, 2.75) is 55.4 Å². The molecule has 1 heteroatoms. The lowest BCUT2D eigenvalue weighted by Gasteiger charge is -2.27. The Labute approximate surface area is 300 Å². The van der Waals surface area contributed by atoms with E-state index in [0.717, 1.165) is 16.6 Å². The van der Waals surface area contributed by atoms with Crippen LogP contribution >= 0.6 is 0 Å². The van der Waals surface area contributed by atoms with Gasteiger partial charge in [-0.2, -0.15) is 0 Å². The van der Waals surface area contributed by atoms with Gasteiger partial charge in [-0.05, 0) is 190 Å². The standard InChI is InChI=1S/C50H42O/c1-27-29(3)33(7)46-44(31(27)5)48(39-21-14-20-36(24-39)35-16-10-9-11-17-35)45-32(6)28(2)30(4)34(8)47(45)50(46)40-22-15-23-42-49(40)41-25-37-18-12-13-19-38(37)26-43(41)51-42/h9-26H,1-8H3. The molecule has 0 aliphatic carbocycles. The zero-order valence-corrected chi connectivity index (χ0v) is 30.8. The molecule has 0 aliphatic heterocycles. The first-order chi connectivity index (χ1) is 24.7. The van der Waals surface area contributed by atoms with Crippen LogP contribution in [0.1, 0.15) is 44.5 Å². The highest BCUT2D eigenvalue weighted by Crippen LogP contribution is 2.52. The van der Waals surface area contributed by atoms with E-state index >= 15 is 0 Å². The Morgan fingerprint density at radius 1 is 0.333 bits per heavy atom. The van der Waals surface area contributed by atoms with Crippen molar-refractivity contribution in [3.63, 3.8) is 0 Å². The monoisotopic (exact) mass is 658 g/mol. The molecular formula is C50H42O. The fourth-order valence-corrected chi connectivity index (χ4v) is 8.89. The maximum absolute atomic E-state index is 6.69. The number of furan rings is 1. The maximum Gasteiger partial charge on any atom is 0.136 e. The minimum absolute atomic E-state index is 0.926. The topological polar surface area (TPSA) is 13.1 Å². The van der Waals surface area contributed by atoms with Gasteiger partial charge in [0, 0.05) is 10.8 Å². The van der Waals surface area contributed by atoms with Crippen LogP contribution in [0.5, 0.6) is 0 Å². The van der Waals surface area contributed by atoms with E-state index in [-0.39, 0.29) is 0 Å². The largest absolute Gasteiger partial charge is 0.456 e. The molecule has 9 aromatic rings. The van der Waals surface area contributed by atoms with Crippen LogP contribution < -0.4 is 0 Å². The molecule has 0 aliphatic rings. The van der Waals surface area contributed by atoms with E-state index < -0.39 is 0 Å². The Balaban J connectivity index is 1.54. The van der Waals surface area contributed by atoms with Crippen LogP contribution in [0, 0.1) is 55.4 Å². The van der Waals surface area contributed by atoms with Crippen LogP contribution in [0.3, 0.4) is 0 Å². The Morgan fingerprint density at radius 2 is 0.824 bits per heavy atom. The smallest absolute Gasteiger partial charge is 0.136 e. The van der Waals surface area contributed by atoms with E-state index in [1.54, 1.807) is 0 Å². The van der Waals surface area contributed by atoms with Crippen LogP contribution in [0.15, 0.2) is 114 Å². The lowest BCUT2D eigenvalue weighted by atomic mass is 9.76. The number of benzene rings is 8. The first-order valence-electron chi connectivity index (χ1n) is 18.1. The summed E-state index contributed by atoms with van der Waals surface area (Å²) in [6.07, 6.45) is 0. The molecule has 9 rings (SSSR count). The summed E-state index contributed by atoms with van der Waals surface area (Å²) in [5.74, 6) is 0. The second-order valence-electron chi connectivity index (χ2n) is 14.7. The van der Waals surface area contributed by atoms with Crippen LogP contribution in [-0.4, -0.2) is 0 Å². The Kier molecular flexibility index (Phi) is 7.03. The SMILES string of the molecule is Cc1c(C)c(C)c2c(-c3cccc4oc5cc6ccccc6cc5c34)c3c(C)c(C)c(C)c(C)c3c(-c3cccc(-c4ccccc4)c3)c2c1C. The summed E-state index contributed by atoms with van der Waals surface area (Å²) >= 11 is 0. The summed E-state index contributed by atoms with van der Waals surface area (Å²) in [5, 5.41) is 10.2. The van der Waals surface area contributed by atoms with Gasteiger partial charge in [0.1, 0.15) is 11.2 Å². The summed E-state index contributed by atoms with van der Waals surface area (Å²) in [5.41, 5.74) is 20.3. The van der Waals surface area contributed by atoms with Crippen molar-refractivity contribution in [1.29, 1.82) is 0 Å². The Bertz CT molecular complexity index is 2840. The van der Waals surface area contributed by atoms with Gasteiger partial charge < -0.3 is 4.42 Å². The van der Waals surface area contributed by atoms with Crippen molar-refractivity contribution >= 4 is 54.3 Å². The van der Waals surface area contributed by atoms with Gasteiger partial charge in [-0.1, -0.05) is 84.9 Å². The van der Waals surface area contributed by atoms with Crippen molar-refractivity contribution in [1.82, 2.24) is 0 Å². The van der Waals surface area contributed by atoms with Crippen LogP contribution in [0.2, 0.25) is 0 Å². The summed E-state index contributed by atoms with van der Waals surface area (Å²) < 4.78 is 6.69. The molecule has 0 atom stereocenters. The zero-order valence-electron chi connectivity index (χ0n) is 30.8. The molecule has 51 heavy (non-hydrogen) atoms. The molecule has 8 aromatic carbocycles. The van der Waals surface area contributed by atoms with Crippen molar-refractivity contribution in [3.05, 3.63) is 154 Å². The number of fused-ring (bicyclic) bond motifs is 6. The van der Waals surface area contributed by atoms with Crippen LogP contribution in [0.25, 0.3) is 87.6 Å². The molecule has 0 fully saturated rings. The van der Waals surface area contributed by atoms with Gasteiger partial charge in [0.25, 0.3) is 0 Å². The van der Waals surface area contributed by atoms with Crippen molar-refractivity contribution in [3.8, 4) is 33.4 Å². The molecule has 1 heterocycles. The third-order valence-corrected chi connectivity index (χ3v) is 12.3. The molecule has 0 bridgehead atoms. The van der Waals surface area contributed by atoms with Gasteiger partial charge in [-0.25, -0.2) is 0 Å². The quantitative estimate of drug-likeness (QED) is 0.172. The Hall–Kier alpha value is -5.66. The van der Waals surface area contributed by atoms with Crippen molar-refractivity contribution in [2.75, 3.05) is 0 Å². The first kappa shape index (κ1) is 31.3. The van der Waals surface area contributed by atoms with E-state index in [0.29, 0.717) is 0 Å². The van der Waals surface area contributed by atoms with E-state index in [9.17, 15) is 0 Å². The van der Waals surface area contributed by atoms with Crippen molar-refractivity contribution in [2.24, 2.45) is 0 Å². The highest BCUT2D eigenvalue weighted by molar-refractivity contribution is 6.29. The molecule has 248 valence electrons. The number of rotatable bonds is 3. The summed E-state index contributed by atoms with van der Waals surface area (Å²) in [4.78, 5) is 0. The van der Waals surface area contributed by atoms with E-state index in [1.807, 2.05) is 0 Å². The third-order valence-electron chi connectivity index (χ3n) is 12.3. The van der Waals surface area contributed by atoms with Gasteiger partial charge in [0.05, 0.1) is 0 Å². The summed E-state index contributed by atoms with van der Waals surface area (Å²) in [6.45, 7) is 18.6. The molecule has 0 N–H and O–H groups in total. The van der Waals surface area contributed by atoms with Gasteiger partial charge >= 0.3 is 0 Å². The fourth-order valence-electron chi connectivity index (χ4n) is 8.89. The zero-order chi connectivity index (χ0) is 35.3. The molecule has 0 unspecified atom stereocenters. The van der Waals surface area contributed by atoms with Crippen LogP contribution in [0.4, 0.5) is 0 Å². The number of hydrogen-bond acceptors (Lipinski definition) is 1. The maximum atomic E-state index is 6.69. The highest BCUT2D eigenvalue weighted by Gasteiger charge is 2.27. The van der Waals surface area contributed by atoms with Gasteiger partial charge in [0.15, 0.2) is 0 Å².